The van der Waals surface area contributed by atoms with Crippen LogP contribution in [0.15, 0.2) is 24.3 Å². The van der Waals surface area contributed by atoms with Crippen molar-refractivity contribution in [2.45, 2.75) is 70.5 Å². The highest BCUT2D eigenvalue weighted by molar-refractivity contribution is 6.30. The number of carbonyl (C=O) groups is 1. The van der Waals surface area contributed by atoms with Crippen molar-refractivity contribution < 1.29 is 14.3 Å². The monoisotopic (exact) mass is 360 g/mol. The van der Waals surface area contributed by atoms with Crippen LogP contribution in [0.5, 0.6) is 5.75 Å². The van der Waals surface area contributed by atoms with Gasteiger partial charge in [0.15, 0.2) is 0 Å². The molecule has 134 valence electrons. The number of rotatable bonds is 4. The van der Waals surface area contributed by atoms with Gasteiger partial charge in [-0.1, -0.05) is 24.1 Å². The van der Waals surface area contributed by atoms with Gasteiger partial charge in [0.25, 0.3) is 0 Å². The molecule has 0 unspecified atom stereocenters. The normalized spacial score (nSPS) is 22.5. The Hall–Kier alpha value is -1.48. The molecule has 0 aromatic heterocycles. The first-order valence-corrected chi connectivity index (χ1v) is 9.52. The van der Waals surface area contributed by atoms with Gasteiger partial charge in [-0.25, -0.2) is 4.79 Å². The van der Waals surface area contributed by atoms with Crippen molar-refractivity contribution in [2.75, 3.05) is 0 Å². The van der Waals surface area contributed by atoms with Gasteiger partial charge in [-0.15, -0.1) is 0 Å². The Bertz CT molecular complexity index is 749. The molecule has 3 nitrogen and oxygen atoms in total. The molecule has 0 saturated heterocycles. The number of hydrogen-bond acceptors (Lipinski definition) is 3. The fraction of sp³-hybridized carbons (Fsp3) is 0.571. The molecule has 0 N–H and O–H groups in total. The zero-order chi connectivity index (χ0) is 17.9. The average molecular weight is 361 g/mol. The fourth-order valence-electron chi connectivity index (χ4n) is 3.73. The highest BCUT2D eigenvalue weighted by atomic mass is 35.5. The lowest BCUT2D eigenvalue weighted by molar-refractivity contribution is -0.165. The summed E-state index contributed by atoms with van der Waals surface area (Å²) in [4.78, 5) is 12.6. The first-order valence-electron chi connectivity index (χ1n) is 9.15. The predicted octanol–water partition coefficient (Wildman–Crippen LogP) is 5.55. The van der Waals surface area contributed by atoms with Crippen molar-refractivity contribution in [1.82, 2.24) is 0 Å². The molecule has 0 radical (unpaired) electrons. The molecule has 0 heterocycles. The van der Waals surface area contributed by atoms with Crippen molar-refractivity contribution in [3.63, 3.8) is 0 Å². The van der Waals surface area contributed by atoms with E-state index in [2.05, 4.69) is 6.08 Å². The van der Waals surface area contributed by atoms with Crippen molar-refractivity contribution in [1.29, 1.82) is 0 Å². The number of hydrogen-bond donors (Lipinski definition) is 0. The number of halogens is 1. The van der Waals surface area contributed by atoms with Gasteiger partial charge in [0.2, 0.25) is 5.60 Å². The largest absolute Gasteiger partial charge is 0.475 e. The maximum Gasteiger partial charge on any atom is 0.351 e. The zero-order valence-corrected chi connectivity index (χ0v) is 15.9. The van der Waals surface area contributed by atoms with Gasteiger partial charge >= 0.3 is 5.97 Å². The Morgan fingerprint density at radius 1 is 1.16 bits per heavy atom. The van der Waals surface area contributed by atoms with Crippen LogP contribution in [0.3, 0.4) is 0 Å². The minimum atomic E-state index is -0.842. The molecule has 1 spiro atoms. The Labute approximate surface area is 154 Å². The van der Waals surface area contributed by atoms with Crippen LogP contribution in [0.2, 0.25) is 5.02 Å². The predicted molar refractivity (Wildman–Crippen MR) is 98.8 cm³/mol. The third-order valence-electron chi connectivity index (χ3n) is 5.44. The van der Waals surface area contributed by atoms with Gasteiger partial charge in [0.05, 0.1) is 0 Å². The van der Waals surface area contributed by atoms with Crippen LogP contribution < -0.4 is 4.74 Å². The second kappa shape index (κ2) is 5.51. The molecule has 0 atom stereocenters. The first kappa shape index (κ1) is 17.0. The SMILES string of the molecule is CC(C)(C)OC(=O)C1(Oc2cc(Cl)ccc2C2=CC3(CCC3)C2)CC1. The molecular formula is C21H25ClO3. The van der Waals surface area contributed by atoms with Crippen LogP contribution in [0.4, 0.5) is 0 Å². The molecule has 25 heavy (non-hydrogen) atoms. The topological polar surface area (TPSA) is 35.5 Å². The molecule has 1 aromatic rings. The molecule has 4 heteroatoms. The Morgan fingerprint density at radius 3 is 2.36 bits per heavy atom. The number of esters is 1. The quantitative estimate of drug-likeness (QED) is 0.660. The highest BCUT2D eigenvalue weighted by Crippen LogP contribution is 2.58. The van der Waals surface area contributed by atoms with Crippen molar-refractivity contribution in [3.8, 4) is 5.75 Å². The molecule has 0 bridgehead atoms. The number of carbonyl (C=O) groups excluding carboxylic acids is 1. The van der Waals surface area contributed by atoms with Crippen molar-refractivity contribution in [2.24, 2.45) is 5.41 Å². The second-order valence-electron chi connectivity index (χ2n) is 8.80. The highest BCUT2D eigenvalue weighted by Gasteiger charge is 2.56. The standard InChI is InChI=1S/C21H25ClO3/c1-19(2,3)25-18(23)21(9-10-21)24-17-11-15(22)5-6-16(17)14-12-20(13-14)7-4-8-20/h5-6,11-12H,4,7-10,13H2,1-3H3. The van der Waals surface area contributed by atoms with E-state index in [0.29, 0.717) is 29.0 Å². The fourth-order valence-corrected chi connectivity index (χ4v) is 3.90. The van der Waals surface area contributed by atoms with E-state index in [4.69, 9.17) is 21.1 Å². The summed E-state index contributed by atoms with van der Waals surface area (Å²) in [5.41, 5.74) is 1.46. The second-order valence-corrected chi connectivity index (χ2v) is 9.24. The van der Waals surface area contributed by atoms with E-state index in [1.807, 2.05) is 39.0 Å². The summed E-state index contributed by atoms with van der Waals surface area (Å²) < 4.78 is 11.8. The van der Waals surface area contributed by atoms with Crippen LogP contribution in [0, 0.1) is 5.41 Å². The maximum absolute atomic E-state index is 12.6. The van der Waals surface area contributed by atoms with E-state index < -0.39 is 11.2 Å². The van der Waals surface area contributed by atoms with E-state index >= 15 is 0 Å². The lowest BCUT2D eigenvalue weighted by Gasteiger charge is -2.47. The van der Waals surface area contributed by atoms with Crippen LogP contribution in [-0.2, 0) is 9.53 Å². The Balaban J connectivity index is 1.57. The Kier molecular flexibility index (Phi) is 3.74. The summed E-state index contributed by atoms with van der Waals surface area (Å²) in [7, 11) is 0. The molecule has 2 saturated carbocycles. The minimum Gasteiger partial charge on any atom is -0.475 e. The van der Waals surface area contributed by atoms with Gasteiger partial charge in [-0.3, -0.25) is 0 Å². The Morgan fingerprint density at radius 2 is 1.84 bits per heavy atom. The van der Waals surface area contributed by atoms with E-state index in [9.17, 15) is 4.79 Å². The first-order chi connectivity index (χ1) is 11.7. The molecular weight excluding hydrogens is 336 g/mol. The third kappa shape index (κ3) is 3.19. The molecule has 2 fully saturated rings. The van der Waals surface area contributed by atoms with Crippen molar-refractivity contribution >= 4 is 23.1 Å². The summed E-state index contributed by atoms with van der Waals surface area (Å²) >= 11 is 6.20. The van der Waals surface area contributed by atoms with Crippen LogP contribution in [0.25, 0.3) is 5.57 Å². The molecule has 1 aromatic carbocycles. The summed E-state index contributed by atoms with van der Waals surface area (Å²) in [5.74, 6) is 0.431. The van der Waals surface area contributed by atoms with E-state index in [1.54, 1.807) is 0 Å². The van der Waals surface area contributed by atoms with Crippen molar-refractivity contribution in [3.05, 3.63) is 34.9 Å². The number of benzene rings is 1. The molecule has 0 aliphatic heterocycles. The number of ether oxygens (including phenoxy) is 2. The molecule has 3 aliphatic rings. The summed E-state index contributed by atoms with van der Waals surface area (Å²) in [6.07, 6.45) is 8.79. The van der Waals surface area contributed by atoms with Gasteiger partial charge in [0, 0.05) is 23.4 Å². The van der Waals surface area contributed by atoms with Crippen LogP contribution in [0.1, 0.15) is 64.9 Å². The zero-order valence-electron chi connectivity index (χ0n) is 15.2. The lowest BCUT2D eigenvalue weighted by Crippen LogP contribution is -2.37. The summed E-state index contributed by atoms with van der Waals surface area (Å²) in [5, 5.41) is 0.622. The average Bonchev–Trinajstić information content (AvgIpc) is 3.17. The smallest absolute Gasteiger partial charge is 0.351 e. The minimum absolute atomic E-state index is 0.274. The molecule has 4 rings (SSSR count). The maximum atomic E-state index is 12.6. The third-order valence-corrected chi connectivity index (χ3v) is 5.68. The van der Waals surface area contributed by atoms with Gasteiger partial charge < -0.3 is 9.47 Å². The van der Waals surface area contributed by atoms with Crippen LogP contribution >= 0.6 is 11.6 Å². The summed E-state index contributed by atoms with van der Waals surface area (Å²) in [6.45, 7) is 5.63. The van der Waals surface area contributed by atoms with Crippen LogP contribution in [-0.4, -0.2) is 17.2 Å². The molecule has 3 aliphatic carbocycles. The number of allylic oxidation sites excluding steroid dienone is 2. The van der Waals surface area contributed by atoms with Gasteiger partial charge in [-0.2, -0.15) is 0 Å². The van der Waals surface area contributed by atoms with Gasteiger partial charge in [0.1, 0.15) is 11.4 Å². The lowest BCUT2D eigenvalue weighted by atomic mass is 9.57. The van der Waals surface area contributed by atoms with E-state index in [1.165, 1.54) is 24.8 Å². The summed E-state index contributed by atoms with van der Waals surface area (Å²) in [6, 6.07) is 5.73. The van der Waals surface area contributed by atoms with E-state index in [-0.39, 0.29) is 5.97 Å². The van der Waals surface area contributed by atoms with Gasteiger partial charge in [-0.05, 0) is 69.2 Å². The molecule has 0 amide bonds. The van der Waals surface area contributed by atoms with E-state index in [0.717, 1.165) is 12.0 Å².